The molecule has 1 radical (unpaired) electrons. The maximum absolute atomic E-state index is 4.85. The van der Waals surface area contributed by atoms with Crippen molar-refractivity contribution in [2.24, 2.45) is 9.98 Å². The molecule has 0 amide bonds. The van der Waals surface area contributed by atoms with Crippen molar-refractivity contribution in [3.05, 3.63) is 87.2 Å². The predicted octanol–water partition coefficient (Wildman–Crippen LogP) is 1.45. The summed E-state index contributed by atoms with van der Waals surface area (Å²) in [6.45, 7) is 13.0. The quantitative estimate of drug-likeness (QED) is 0.394. The molecule has 2 aromatic carbocycles. The first-order chi connectivity index (χ1) is 15.5. The number of aromatic nitrogens is 1. The second-order valence-corrected chi connectivity index (χ2v) is 8.28. The molecule has 6 heteroatoms. The van der Waals surface area contributed by atoms with E-state index in [1.54, 1.807) is 0 Å². The van der Waals surface area contributed by atoms with Crippen LogP contribution in [0.1, 0.15) is 72.5 Å². The van der Waals surface area contributed by atoms with E-state index in [0.29, 0.717) is 0 Å². The summed E-state index contributed by atoms with van der Waals surface area (Å²) in [6, 6.07) is 14.9. The molecule has 3 rings (SSSR count). The molecule has 1 heterocycles. The zero-order valence-electron chi connectivity index (χ0n) is 21.6. The minimum atomic E-state index is 0. The third-order valence-electron chi connectivity index (χ3n) is 5.79. The SMILES string of the molecule is CCc1cc(C)cc(CC)c1N=Cc1cccc(C=Nc2c(CC)cc(C)cc2CC)n1.[Cl-].[Cl-].[V+2]. The van der Waals surface area contributed by atoms with Crippen LogP contribution in [0.2, 0.25) is 0 Å². The second-order valence-electron chi connectivity index (χ2n) is 8.28. The van der Waals surface area contributed by atoms with E-state index in [0.717, 1.165) is 48.4 Å². The van der Waals surface area contributed by atoms with Crippen molar-refractivity contribution in [3.8, 4) is 0 Å². The molecule has 0 saturated heterocycles. The summed E-state index contributed by atoms with van der Waals surface area (Å²) in [5, 5.41) is 0. The molecule has 1 aromatic heterocycles. The molecular formula is C29H35Cl2N3V. The van der Waals surface area contributed by atoms with Crippen LogP contribution in [-0.2, 0) is 44.2 Å². The minimum Gasteiger partial charge on any atom is -1.00 e. The average Bonchev–Trinajstić information content (AvgIpc) is 2.81. The average molecular weight is 547 g/mol. The largest absolute Gasteiger partial charge is 2.00 e. The monoisotopic (exact) mass is 546 g/mol. The van der Waals surface area contributed by atoms with E-state index < -0.39 is 0 Å². The van der Waals surface area contributed by atoms with Crippen molar-refractivity contribution in [2.45, 2.75) is 67.2 Å². The normalized spacial score (nSPS) is 10.7. The van der Waals surface area contributed by atoms with Gasteiger partial charge in [-0.15, -0.1) is 0 Å². The van der Waals surface area contributed by atoms with Crippen LogP contribution in [0, 0.1) is 13.8 Å². The van der Waals surface area contributed by atoms with Gasteiger partial charge < -0.3 is 24.8 Å². The molecule has 0 unspecified atom stereocenters. The maximum Gasteiger partial charge on any atom is 2.00 e. The van der Waals surface area contributed by atoms with Crippen LogP contribution >= 0.6 is 0 Å². The van der Waals surface area contributed by atoms with E-state index in [4.69, 9.17) is 15.0 Å². The molecule has 0 aliphatic rings. The number of benzene rings is 2. The Balaban J connectivity index is 0.00000385. The van der Waals surface area contributed by atoms with Gasteiger partial charge in [0.15, 0.2) is 0 Å². The molecule has 185 valence electrons. The van der Waals surface area contributed by atoms with E-state index in [-0.39, 0.29) is 43.4 Å². The Morgan fingerprint density at radius 3 is 1.23 bits per heavy atom. The van der Waals surface area contributed by atoms with Crippen LogP contribution in [0.25, 0.3) is 0 Å². The molecule has 0 fully saturated rings. The van der Waals surface area contributed by atoms with Gasteiger partial charge in [0.1, 0.15) is 0 Å². The zero-order chi connectivity index (χ0) is 23.1. The van der Waals surface area contributed by atoms with Crippen molar-refractivity contribution < 1.29 is 43.4 Å². The number of hydrogen-bond acceptors (Lipinski definition) is 3. The van der Waals surface area contributed by atoms with Crippen molar-refractivity contribution in [1.82, 2.24) is 4.98 Å². The molecule has 3 nitrogen and oxygen atoms in total. The fraction of sp³-hybridized carbons (Fsp3) is 0.345. The van der Waals surface area contributed by atoms with Crippen molar-refractivity contribution in [2.75, 3.05) is 0 Å². The first-order valence-corrected chi connectivity index (χ1v) is 11.8. The third kappa shape index (κ3) is 8.61. The smallest absolute Gasteiger partial charge is 1.00 e. The Morgan fingerprint density at radius 1 is 0.629 bits per heavy atom. The fourth-order valence-corrected chi connectivity index (χ4v) is 4.15. The molecule has 0 aliphatic carbocycles. The third-order valence-corrected chi connectivity index (χ3v) is 5.79. The van der Waals surface area contributed by atoms with Crippen LogP contribution in [0.5, 0.6) is 0 Å². The molecule has 35 heavy (non-hydrogen) atoms. The molecule has 0 N–H and O–H groups in total. The van der Waals surface area contributed by atoms with Crippen LogP contribution in [0.4, 0.5) is 11.4 Å². The Morgan fingerprint density at radius 2 is 0.943 bits per heavy atom. The Labute approximate surface area is 235 Å². The number of rotatable bonds is 8. The summed E-state index contributed by atoms with van der Waals surface area (Å²) in [6.07, 6.45) is 7.63. The van der Waals surface area contributed by atoms with Gasteiger partial charge in [0.05, 0.1) is 35.2 Å². The van der Waals surface area contributed by atoms with Crippen molar-refractivity contribution in [1.29, 1.82) is 0 Å². The maximum atomic E-state index is 4.85. The van der Waals surface area contributed by atoms with Gasteiger partial charge in [-0.3, -0.25) is 9.98 Å². The number of nitrogens with zero attached hydrogens (tertiary/aromatic N) is 3. The summed E-state index contributed by atoms with van der Waals surface area (Å²) in [5.41, 5.74) is 11.6. The Kier molecular flexibility index (Phi) is 15.1. The van der Waals surface area contributed by atoms with Gasteiger partial charge in [0, 0.05) is 0 Å². The molecule has 3 aromatic rings. The molecular weight excluding hydrogens is 512 g/mol. The van der Waals surface area contributed by atoms with Crippen LogP contribution in [0.3, 0.4) is 0 Å². The molecule has 0 spiro atoms. The first kappa shape index (κ1) is 33.1. The van der Waals surface area contributed by atoms with Gasteiger partial charge in [-0.25, -0.2) is 4.98 Å². The number of aliphatic imine (C=N–C) groups is 2. The van der Waals surface area contributed by atoms with E-state index in [2.05, 4.69) is 65.8 Å². The zero-order valence-corrected chi connectivity index (χ0v) is 24.5. The van der Waals surface area contributed by atoms with Gasteiger partial charge in [0.25, 0.3) is 0 Å². The number of hydrogen-bond donors (Lipinski definition) is 0. The predicted molar refractivity (Wildman–Crippen MR) is 139 cm³/mol. The summed E-state index contributed by atoms with van der Waals surface area (Å²) >= 11 is 0. The summed E-state index contributed by atoms with van der Waals surface area (Å²) in [4.78, 5) is 14.5. The van der Waals surface area contributed by atoms with E-state index >= 15 is 0 Å². The van der Waals surface area contributed by atoms with Crippen LogP contribution in [-0.4, -0.2) is 17.4 Å². The summed E-state index contributed by atoms with van der Waals surface area (Å²) in [5.74, 6) is 0. The topological polar surface area (TPSA) is 37.6 Å². The first-order valence-electron chi connectivity index (χ1n) is 11.8. The van der Waals surface area contributed by atoms with Gasteiger partial charge in [0.2, 0.25) is 0 Å². The number of aryl methyl sites for hydroxylation is 6. The van der Waals surface area contributed by atoms with Crippen LogP contribution < -0.4 is 24.8 Å². The second kappa shape index (κ2) is 16.0. The fourth-order valence-electron chi connectivity index (χ4n) is 4.15. The van der Waals surface area contributed by atoms with Gasteiger partial charge in [-0.1, -0.05) is 69.2 Å². The molecule has 0 aliphatic heterocycles. The molecule has 0 bridgehead atoms. The number of pyridine rings is 1. The number of halogens is 2. The Bertz CT molecular complexity index is 1020. The molecule has 0 saturated carbocycles. The van der Waals surface area contributed by atoms with Crippen LogP contribution in [0.15, 0.2) is 52.4 Å². The van der Waals surface area contributed by atoms with E-state index in [1.807, 2.05) is 30.6 Å². The van der Waals surface area contributed by atoms with Crippen molar-refractivity contribution >= 4 is 23.8 Å². The van der Waals surface area contributed by atoms with E-state index in [9.17, 15) is 0 Å². The van der Waals surface area contributed by atoms with E-state index in [1.165, 1.54) is 33.4 Å². The van der Waals surface area contributed by atoms with Gasteiger partial charge >= 0.3 is 18.6 Å². The molecule has 0 atom stereocenters. The van der Waals surface area contributed by atoms with Gasteiger partial charge in [-0.05, 0) is 73.9 Å². The van der Waals surface area contributed by atoms with Crippen molar-refractivity contribution in [3.63, 3.8) is 0 Å². The summed E-state index contributed by atoms with van der Waals surface area (Å²) in [7, 11) is 0. The Hall–Kier alpha value is -1.91. The van der Waals surface area contributed by atoms with Gasteiger partial charge in [-0.2, -0.15) is 0 Å². The minimum absolute atomic E-state index is 0. The standard InChI is InChI=1S/C29H35N3.2ClH.V/c1-7-22-14-20(5)15-23(8-2)28(22)30-18-26-12-11-13-27(32-26)19-31-29-24(9-3)16-21(6)17-25(29)10-4;;;/h11-19H,7-10H2,1-6H3;2*1H;/q;;;+2/p-2. The summed E-state index contributed by atoms with van der Waals surface area (Å²) < 4.78 is 0.